The quantitative estimate of drug-likeness (QED) is 0.795. The number of furan rings is 1. The van der Waals surface area contributed by atoms with Gasteiger partial charge in [-0.05, 0) is 28.1 Å². The fraction of sp³-hybridized carbons (Fsp3) is 0.222. The van der Waals surface area contributed by atoms with Gasteiger partial charge in [-0.25, -0.2) is 0 Å². The lowest BCUT2D eigenvalue weighted by molar-refractivity contribution is 0.0981. The molecule has 0 aliphatic heterocycles. The van der Waals surface area contributed by atoms with Crippen LogP contribution in [0, 0.1) is 0 Å². The van der Waals surface area contributed by atoms with E-state index >= 15 is 0 Å². The van der Waals surface area contributed by atoms with Crippen LogP contribution < -0.4 is 0 Å². The highest BCUT2D eigenvalue weighted by molar-refractivity contribution is 9.10. The average molecular weight is 270 g/mol. The summed E-state index contributed by atoms with van der Waals surface area (Å²) < 4.78 is 5.84. The minimum Gasteiger partial charge on any atom is -0.454 e. The highest BCUT2D eigenvalue weighted by Gasteiger charge is 2.12. The van der Waals surface area contributed by atoms with E-state index in [2.05, 4.69) is 26.1 Å². The fourth-order valence-electron chi connectivity index (χ4n) is 1.17. The highest BCUT2D eigenvalue weighted by atomic mass is 79.9. The molecule has 0 saturated carbocycles. The molecule has 2 aromatic rings. The molecule has 0 radical (unpaired) electrons. The summed E-state index contributed by atoms with van der Waals surface area (Å²) in [6.07, 6.45) is 1.64. The molecule has 0 atom stereocenters. The van der Waals surface area contributed by atoms with Crippen LogP contribution in [0.1, 0.15) is 16.2 Å². The van der Waals surface area contributed by atoms with Crippen LogP contribution in [0.15, 0.2) is 27.4 Å². The molecule has 5 nitrogen and oxygen atoms in total. The van der Waals surface area contributed by atoms with E-state index in [9.17, 15) is 4.79 Å². The lowest BCUT2D eigenvalue weighted by Crippen LogP contribution is -2.04. The lowest BCUT2D eigenvalue weighted by Gasteiger charge is -1.92. The Morgan fingerprint density at radius 1 is 1.60 bits per heavy atom. The highest BCUT2D eigenvalue weighted by Crippen LogP contribution is 2.15. The summed E-state index contributed by atoms with van der Waals surface area (Å²) in [5.41, 5.74) is 0.352. The van der Waals surface area contributed by atoms with E-state index < -0.39 is 0 Å². The van der Waals surface area contributed by atoms with Crippen LogP contribution in [0.5, 0.6) is 0 Å². The Hall–Kier alpha value is -1.43. The first kappa shape index (κ1) is 10.1. The Labute approximate surface area is 94.2 Å². The SMILES string of the molecule is Cn1ncc(C(=O)Cc2ccc(Br)o2)n1. The standard InChI is InChI=1S/C9H8BrN3O2/c1-13-11-5-7(12-13)8(14)4-6-2-3-9(10)15-6/h2-3,5H,4H2,1H3. The van der Waals surface area contributed by atoms with Crippen molar-refractivity contribution >= 4 is 21.7 Å². The number of rotatable bonds is 3. The van der Waals surface area contributed by atoms with Crippen molar-refractivity contribution in [2.75, 3.05) is 0 Å². The largest absolute Gasteiger partial charge is 0.454 e. The number of carbonyl (C=O) groups excluding carboxylic acids is 1. The monoisotopic (exact) mass is 269 g/mol. The van der Waals surface area contributed by atoms with Crippen LogP contribution in [-0.2, 0) is 13.5 Å². The third-order valence-electron chi connectivity index (χ3n) is 1.85. The maximum atomic E-state index is 11.6. The maximum Gasteiger partial charge on any atom is 0.192 e. The molecule has 0 aliphatic rings. The summed E-state index contributed by atoms with van der Waals surface area (Å²) >= 11 is 3.17. The van der Waals surface area contributed by atoms with Gasteiger partial charge in [-0.2, -0.15) is 15.0 Å². The van der Waals surface area contributed by atoms with Gasteiger partial charge in [0.15, 0.2) is 10.5 Å². The van der Waals surface area contributed by atoms with Crippen molar-refractivity contribution in [3.05, 3.63) is 34.5 Å². The zero-order valence-electron chi connectivity index (χ0n) is 7.98. The van der Waals surface area contributed by atoms with Crippen molar-refractivity contribution in [2.45, 2.75) is 6.42 Å². The molecule has 0 fully saturated rings. The number of hydrogen-bond acceptors (Lipinski definition) is 4. The molecular weight excluding hydrogens is 262 g/mol. The first-order valence-electron chi connectivity index (χ1n) is 4.29. The van der Waals surface area contributed by atoms with Crippen molar-refractivity contribution < 1.29 is 9.21 Å². The molecule has 0 N–H and O–H groups in total. The van der Waals surface area contributed by atoms with Gasteiger partial charge in [0.2, 0.25) is 0 Å². The first-order chi connectivity index (χ1) is 7.15. The molecule has 15 heavy (non-hydrogen) atoms. The van der Waals surface area contributed by atoms with E-state index in [-0.39, 0.29) is 12.2 Å². The van der Waals surface area contributed by atoms with E-state index in [1.165, 1.54) is 11.0 Å². The Morgan fingerprint density at radius 2 is 2.40 bits per heavy atom. The zero-order valence-corrected chi connectivity index (χ0v) is 9.56. The molecule has 0 saturated heterocycles. The molecule has 2 aromatic heterocycles. The van der Waals surface area contributed by atoms with Gasteiger partial charge in [0.25, 0.3) is 0 Å². The van der Waals surface area contributed by atoms with Crippen LogP contribution in [0.3, 0.4) is 0 Å². The number of nitrogens with zero attached hydrogens (tertiary/aromatic N) is 3. The third kappa shape index (κ3) is 2.33. The Kier molecular flexibility index (Phi) is 2.68. The summed E-state index contributed by atoms with van der Waals surface area (Å²) in [7, 11) is 1.67. The predicted molar refractivity (Wildman–Crippen MR) is 55.4 cm³/mol. The summed E-state index contributed by atoms with van der Waals surface area (Å²) in [6, 6.07) is 3.50. The Bertz CT molecular complexity index is 489. The van der Waals surface area contributed by atoms with Gasteiger partial charge in [0.05, 0.1) is 12.6 Å². The predicted octanol–water partition coefficient (Wildman–Crippen LogP) is 1.60. The van der Waals surface area contributed by atoms with E-state index in [0.29, 0.717) is 16.1 Å². The first-order valence-corrected chi connectivity index (χ1v) is 5.08. The smallest absolute Gasteiger partial charge is 0.192 e. The number of ketones is 1. The van der Waals surface area contributed by atoms with Gasteiger partial charge in [0.1, 0.15) is 11.5 Å². The van der Waals surface area contributed by atoms with Gasteiger partial charge in [-0.3, -0.25) is 4.79 Å². The molecule has 0 bridgehead atoms. The van der Waals surface area contributed by atoms with Gasteiger partial charge in [-0.1, -0.05) is 0 Å². The topological polar surface area (TPSA) is 60.9 Å². The minimum absolute atomic E-state index is 0.107. The Balaban J connectivity index is 2.10. The zero-order chi connectivity index (χ0) is 10.8. The van der Waals surface area contributed by atoms with Crippen LogP contribution in [0.25, 0.3) is 0 Å². The Morgan fingerprint density at radius 3 is 2.93 bits per heavy atom. The summed E-state index contributed by atoms with van der Waals surface area (Å²) in [5, 5.41) is 7.75. The molecular formula is C9H8BrN3O2. The molecule has 0 aromatic carbocycles. The van der Waals surface area contributed by atoms with Gasteiger partial charge < -0.3 is 4.42 Å². The van der Waals surface area contributed by atoms with Crippen molar-refractivity contribution in [1.82, 2.24) is 15.0 Å². The van der Waals surface area contributed by atoms with Crippen LogP contribution in [-0.4, -0.2) is 20.8 Å². The van der Waals surface area contributed by atoms with E-state index in [0.717, 1.165) is 0 Å². The number of carbonyl (C=O) groups is 1. The number of aryl methyl sites for hydroxylation is 1. The molecule has 0 aliphatic carbocycles. The van der Waals surface area contributed by atoms with Gasteiger partial charge in [-0.15, -0.1) is 0 Å². The number of Topliss-reactive ketones (excluding diaryl/α,β-unsaturated/α-hetero) is 1. The summed E-state index contributed by atoms with van der Waals surface area (Å²) in [5.74, 6) is 0.502. The molecule has 0 spiro atoms. The van der Waals surface area contributed by atoms with Crippen LogP contribution in [0.2, 0.25) is 0 Å². The van der Waals surface area contributed by atoms with Crippen LogP contribution >= 0.6 is 15.9 Å². The van der Waals surface area contributed by atoms with Gasteiger partial charge >= 0.3 is 0 Å². The van der Waals surface area contributed by atoms with Crippen molar-refractivity contribution in [2.24, 2.45) is 7.05 Å². The van der Waals surface area contributed by atoms with E-state index in [1.807, 2.05) is 0 Å². The number of hydrogen-bond donors (Lipinski definition) is 0. The molecule has 0 amide bonds. The number of aromatic nitrogens is 3. The second kappa shape index (κ2) is 3.98. The molecule has 78 valence electrons. The van der Waals surface area contributed by atoms with E-state index in [4.69, 9.17) is 4.42 Å². The second-order valence-electron chi connectivity index (χ2n) is 3.03. The molecule has 0 unspecified atom stereocenters. The second-order valence-corrected chi connectivity index (χ2v) is 3.81. The molecule has 2 rings (SSSR count). The fourth-order valence-corrected chi connectivity index (χ4v) is 1.51. The number of halogens is 1. The van der Waals surface area contributed by atoms with Crippen LogP contribution in [0.4, 0.5) is 0 Å². The normalized spacial score (nSPS) is 10.5. The van der Waals surface area contributed by atoms with Crippen molar-refractivity contribution in [1.29, 1.82) is 0 Å². The van der Waals surface area contributed by atoms with Crippen molar-refractivity contribution in [3.8, 4) is 0 Å². The third-order valence-corrected chi connectivity index (χ3v) is 2.28. The molecule has 6 heteroatoms. The van der Waals surface area contributed by atoms with Gasteiger partial charge in [0, 0.05) is 7.05 Å². The summed E-state index contributed by atoms with van der Waals surface area (Å²) in [4.78, 5) is 13.0. The van der Waals surface area contributed by atoms with Crippen molar-refractivity contribution in [3.63, 3.8) is 0 Å². The van der Waals surface area contributed by atoms with E-state index in [1.54, 1.807) is 19.2 Å². The average Bonchev–Trinajstić information content (AvgIpc) is 2.75. The maximum absolute atomic E-state index is 11.6. The lowest BCUT2D eigenvalue weighted by atomic mass is 10.2. The minimum atomic E-state index is -0.107. The summed E-state index contributed by atoms with van der Waals surface area (Å²) in [6.45, 7) is 0. The molecule has 2 heterocycles.